The van der Waals surface area contributed by atoms with Crippen LogP contribution in [0.5, 0.6) is 0 Å². The van der Waals surface area contributed by atoms with Crippen LogP contribution in [0.3, 0.4) is 0 Å². The lowest BCUT2D eigenvalue weighted by atomic mass is 9.39. The molecule has 2 atom stereocenters. The third kappa shape index (κ3) is 5.50. The number of benzene rings is 2. The van der Waals surface area contributed by atoms with Crippen molar-refractivity contribution in [3.05, 3.63) is 90.0 Å². The van der Waals surface area contributed by atoms with Gasteiger partial charge >= 0.3 is 5.97 Å². The van der Waals surface area contributed by atoms with Gasteiger partial charge in [-0.15, -0.1) is 0 Å². The fourth-order valence-corrected chi connectivity index (χ4v) is 11.9. The summed E-state index contributed by atoms with van der Waals surface area (Å²) in [5.74, 6) is -1.44. The number of thiol groups is 1. The fraction of sp³-hybridized carbons (Fsp3) is 0.350. The molecule has 10 nitrogen and oxygen atoms in total. The Bertz CT molecular complexity index is 2400. The maximum Gasteiger partial charge on any atom is 0.355 e. The molecule has 0 aliphatic heterocycles. The van der Waals surface area contributed by atoms with E-state index in [1.165, 1.54) is 17.8 Å². The van der Waals surface area contributed by atoms with Crippen LogP contribution in [-0.4, -0.2) is 47.3 Å². The van der Waals surface area contributed by atoms with Crippen molar-refractivity contribution in [2.45, 2.75) is 71.4 Å². The van der Waals surface area contributed by atoms with Gasteiger partial charge in [0.05, 0.1) is 38.8 Å². The number of carboxylic acid groups (broad SMARTS) is 1. The molecule has 52 heavy (non-hydrogen) atoms. The Balaban J connectivity index is 1.02. The first kappa shape index (κ1) is 33.2. The molecule has 4 aliphatic rings. The summed E-state index contributed by atoms with van der Waals surface area (Å²) in [7, 11) is 0. The van der Waals surface area contributed by atoms with E-state index in [9.17, 15) is 14.7 Å². The number of hydrogen-bond acceptors (Lipinski definition) is 9. The number of nitrogens with zero attached hydrogens (tertiary/aromatic N) is 5. The predicted molar refractivity (Wildman–Crippen MR) is 205 cm³/mol. The molecular formula is C40H38N6O4S2. The summed E-state index contributed by atoms with van der Waals surface area (Å²) in [6.45, 7) is 7.56. The number of thiazole rings is 1. The summed E-state index contributed by atoms with van der Waals surface area (Å²) in [6.07, 6.45) is 9.84. The second kappa shape index (κ2) is 11.7. The van der Waals surface area contributed by atoms with Gasteiger partial charge in [-0.05, 0) is 117 Å². The molecule has 2 aromatic carbocycles. The number of pyridine rings is 2. The van der Waals surface area contributed by atoms with Gasteiger partial charge < -0.3 is 9.29 Å². The molecule has 2 N–H and O–H groups in total. The van der Waals surface area contributed by atoms with Crippen LogP contribution in [0.2, 0.25) is 0 Å². The molecule has 0 radical (unpaired) electrons. The number of amides is 1. The van der Waals surface area contributed by atoms with Crippen LogP contribution >= 0.6 is 24.2 Å². The van der Waals surface area contributed by atoms with Crippen molar-refractivity contribution in [2.75, 3.05) is 5.32 Å². The highest BCUT2D eigenvalue weighted by molar-refractivity contribution is 7.75. The molecule has 1 amide bonds. The Labute approximate surface area is 310 Å². The van der Waals surface area contributed by atoms with Crippen LogP contribution < -0.4 is 5.32 Å². The van der Waals surface area contributed by atoms with E-state index in [0.29, 0.717) is 38.4 Å². The largest absolute Gasteiger partial charge is 0.476 e. The Morgan fingerprint density at radius 1 is 0.942 bits per heavy atom. The standard InChI is InChI=1S/C40H38N6O4S2/c1-23-28(15-42-46(23)22-39-17-37(2)16-38(3,18-39)20-40(19-37,21-39)50-51)25-9-11-29(43-33(25)35(48)49)24-8-10-30-27(14-24)26(12-13-41-30)34(47)45-36-44-31-6-4-5-7-32(31)52-36/h4-15,51H,16-22H2,1-3H3,(H,48,49)(H,44,45,47). The second-order valence-corrected chi connectivity index (χ2v) is 17.4. The first-order valence-electron chi connectivity index (χ1n) is 17.5. The first-order valence-corrected chi connectivity index (χ1v) is 18.7. The molecule has 4 saturated carbocycles. The summed E-state index contributed by atoms with van der Waals surface area (Å²) < 4.78 is 9.02. The average molecular weight is 731 g/mol. The molecule has 4 aromatic heterocycles. The number of fused-ring (bicyclic) bond motifs is 2. The minimum Gasteiger partial charge on any atom is -0.476 e. The highest BCUT2D eigenvalue weighted by Crippen LogP contribution is 2.72. The van der Waals surface area contributed by atoms with Gasteiger partial charge in [0.2, 0.25) is 0 Å². The van der Waals surface area contributed by atoms with Crippen molar-refractivity contribution < 1.29 is 18.9 Å². The number of anilines is 1. The number of carbonyl (C=O) groups is 2. The normalized spacial score (nSPS) is 26.3. The van der Waals surface area contributed by atoms with Gasteiger partial charge in [-0.3, -0.25) is 19.8 Å². The quantitative estimate of drug-likeness (QED) is 0.104. The van der Waals surface area contributed by atoms with Gasteiger partial charge in [0.15, 0.2) is 10.8 Å². The van der Waals surface area contributed by atoms with Crippen LogP contribution in [0.15, 0.2) is 73.1 Å². The summed E-state index contributed by atoms with van der Waals surface area (Å²) in [6, 6.07) is 18.5. The van der Waals surface area contributed by atoms with Crippen LogP contribution in [-0.2, 0) is 10.7 Å². The smallest absolute Gasteiger partial charge is 0.355 e. The van der Waals surface area contributed by atoms with Crippen molar-refractivity contribution in [3.8, 4) is 22.4 Å². The predicted octanol–water partition coefficient (Wildman–Crippen LogP) is 9.01. The second-order valence-electron chi connectivity index (χ2n) is 16.2. The molecule has 0 saturated heterocycles. The van der Waals surface area contributed by atoms with Crippen molar-refractivity contribution >= 4 is 62.4 Å². The lowest BCUT2D eigenvalue weighted by molar-refractivity contribution is -0.213. The van der Waals surface area contributed by atoms with E-state index < -0.39 is 5.97 Å². The van der Waals surface area contributed by atoms with Crippen LogP contribution in [0.25, 0.3) is 43.5 Å². The molecule has 264 valence electrons. The molecule has 4 aliphatic carbocycles. The first-order chi connectivity index (χ1) is 24.9. The topological polar surface area (TPSA) is 132 Å². The highest BCUT2D eigenvalue weighted by atomic mass is 32.1. The zero-order valence-corrected chi connectivity index (χ0v) is 30.9. The Kier molecular flexibility index (Phi) is 7.46. The van der Waals surface area contributed by atoms with Crippen molar-refractivity contribution in [3.63, 3.8) is 0 Å². The van der Waals surface area contributed by atoms with Gasteiger partial charge in [-0.25, -0.2) is 14.8 Å². The molecule has 6 aromatic rings. The molecule has 12 heteroatoms. The Morgan fingerprint density at radius 3 is 2.48 bits per heavy atom. The van der Waals surface area contributed by atoms with E-state index in [1.807, 2.05) is 61.5 Å². The zero-order chi connectivity index (χ0) is 36.0. The number of carbonyl (C=O) groups excluding carboxylic acids is 1. The van der Waals surface area contributed by atoms with Crippen LogP contribution in [0, 0.1) is 23.2 Å². The van der Waals surface area contributed by atoms with Gasteiger partial charge in [0.25, 0.3) is 5.91 Å². The van der Waals surface area contributed by atoms with Crippen molar-refractivity contribution in [1.29, 1.82) is 0 Å². The lowest BCUT2D eigenvalue weighted by Crippen LogP contribution is -2.63. The van der Waals surface area contributed by atoms with Gasteiger partial charge in [0.1, 0.15) is 0 Å². The third-order valence-electron chi connectivity index (χ3n) is 11.6. The molecule has 2 unspecified atom stereocenters. The van der Waals surface area contributed by atoms with Gasteiger partial charge in [-0.2, -0.15) is 5.10 Å². The maximum absolute atomic E-state index is 13.5. The molecule has 0 spiro atoms. The van der Waals surface area contributed by atoms with Gasteiger partial charge in [0, 0.05) is 40.5 Å². The van der Waals surface area contributed by atoms with E-state index in [2.05, 4.69) is 51.7 Å². The minimum absolute atomic E-state index is 0.0296. The van der Waals surface area contributed by atoms with E-state index in [1.54, 1.807) is 18.5 Å². The number of aromatic carboxylic acids is 1. The van der Waals surface area contributed by atoms with Gasteiger partial charge in [-0.1, -0.05) is 43.4 Å². The summed E-state index contributed by atoms with van der Waals surface area (Å²) in [5.41, 5.74) is 5.34. The minimum atomic E-state index is -1.13. The molecule has 4 bridgehead atoms. The average Bonchev–Trinajstić information content (AvgIpc) is 3.67. The lowest BCUT2D eigenvalue weighted by Gasteiger charge is -2.68. The summed E-state index contributed by atoms with van der Waals surface area (Å²) in [5, 5.41) is 19.3. The molecular weight excluding hydrogens is 693 g/mol. The number of aromatic nitrogens is 5. The number of carboxylic acids is 1. The third-order valence-corrected chi connectivity index (χ3v) is 13.0. The van der Waals surface area contributed by atoms with Crippen molar-refractivity contribution in [2.24, 2.45) is 16.2 Å². The summed E-state index contributed by atoms with van der Waals surface area (Å²) >= 11 is 5.80. The van der Waals surface area contributed by atoms with Crippen LogP contribution in [0.1, 0.15) is 78.9 Å². The van der Waals surface area contributed by atoms with Crippen LogP contribution in [0.4, 0.5) is 5.13 Å². The fourth-order valence-electron chi connectivity index (χ4n) is 10.9. The Hall–Kier alpha value is -4.65. The number of rotatable bonds is 8. The van der Waals surface area contributed by atoms with Crippen molar-refractivity contribution in [1.82, 2.24) is 24.7 Å². The van der Waals surface area contributed by atoms with E-state index in [4.69, 9.17) is 9.28 Å². The van der Waals surface area contributed by atoms with E-state index >= 15 is 0 Å². The molecule has 10 rings (SSSR count). The molecule has 4 fully saturated rings. The highest BCUT2D eigenvalue weighted by Gasteiger charge is 2.66. The monoisotopic (exact) mass is 730 g/mol. The number of nitrogens with one attached hydrogen (secondary N) is 1. The maximum atomic E-state index is 13.5. The summed E-state index contributed by atoms with van der Waals surface area (Å²) in [4.78, 5) is 39.9. The van der Waals surface area contributed by atoms with E-state index in [-0.39, 0.29) is 33.4 Å². The Morgan fingerprint density at radius 2 is 1.73 bits per heavy atom. The number of para-hydroxylation sites is 1. The molecule has 4 heterocycles. The van der Waals surface area contributed by atoms with E-state index in [0.717, 1.165) is 60.1 Å². The SMILES string of the molecule is Cc1c(-c2ccc(-c3ccc4nccc(C(=O)Nc5nc6ccccc6s5)c4c3)nc2C(=O)O)cnn1CC12CC3(C)CC(C)(C1)CC(OS)(C3)C2. The number of hydrogen-bond donors (Lipinski definition) is 3. The zero-order valence-electron chi connectivity index (χ0n) is 29.1.